The molecule has 0 atom stereocenters. The highest BCUT2D eigenvalue weighted by atomic mass is 32.2. The Labute approximate surface area is 70.2 Å². The molecule has 0 saturated carbocycles. The fourth-order valence-corrected chi connectivity index (χ4v) is 1.14. The molecule has 0 fully saturated rings. The van der Waals surface area contributed by atoms with Gasteiger partial charge in [-0.15, -0.1) is 5.10 Å². The van der Waals surface area contributed by atoms with Gasteiger partial charge in [0.05, 0.1) is 6.04 Å². The summed E-state index contributed by atoms with van der Waals surface area (Å²) in [5.74, 6) is 0.490. The Kier molecular flexibility index (Phi) is 2.38. The molecule has 0 aliphatic rings. The molecule has 0 aliphatic heterocycles. The third-order valence-electron chi connectivity index (χ3n) is 1.31. The van der Waals surface area contributed by atoms with E-state index in [1.54, 1.807) is 4.68 Å². The molecular weight excluding hydrogens is 160 g/mol. The third-order valence-corrected chi connectivity index (χ3v) is 1.85. The van der Waals surface area contributed by atoms with E-state index in [0.29, 0.717) is 5.95 Å². The van der Waals surface area contributed by atoms with Crippen LogP contribution < -0.4 is 5.73 Å². The molecular formula is C6H12N4S. The Balaban J connectivity index is 2.97. The maximum Gasteiger partial charge on any atom is 0.219 e. The fraction of sp³-hybridized carbons (Fsp3) is 0.667. The molecule has 0 bridgehead atoms. The summed E-state index contributed by atoms with van der Waals surface area (Å²) >= 11 is 1.50. The third kappa shape index (κ3) is 1.65. The predicted molar refractivity (Wildman–Crippen MR) is 46.6 cm³/mol. The van der Waals surface area contributed by atoms with Crippen molar-refractivity contribution in [2.24, 2.45) is 0 Å². The van der Waals surface area contributed by atoms with Crippen LogP contribution >= 0.6 is 11.8 Å². The van der Waals surface area contributed by atoms with Gasteiger partial charge in [-0.1, -0.05) is 11.8 Å². The van der Waals surface area contributed by atoms with Crippen molar-refractivity contribution < 1.29 is 0 Å². The van der Waals surface area contributed by atoms with E-state index >= 15 is 0 Å². The number of aromatic nitrogens is 3. The molecule has 0 saturated heterocycles. The molecule has 1 aromatic rings. The van der Waals surface area contributed by atoms with E-state index in [4.69, 9.17) is 5.73 Å². The Morgan fingerprint density at radius 3 is 2.45 bits per heavy atom. The SMILES string of the molecule is CSc1nc(N)n(C(C)C)n1. The number of nitrogens with two attached hydrogens (primary N) is 1. The van der Waals surface area contributed by atoms with Crippen molar-refractivity contribution in [1.29, 1.82) is 0 Å². The van der Waals surface area contributed by atoms with Crippen molar-refractivity contribution >= 4 is 17.7 Å². The van der Waals surface area contributed by atoms with Gasteiger partial charge in [0, 0.05) is 0 Å². The first kappa shape index (κ1) is 8.39. The van der Waals surface area contributed by atoms with Crippen molar-refractivity contribution in [3.05, 3.63) is 0 Å². The highest BCUT2D eigenvalue weighted by molar-refractivity contribution is 7.98. The van der Waals surface area contributed by atoms with Crippen LogP contribution in [0.5, 0.6) is 0 Å². The lowest BCUT2D eigenvalue weighted by atomic mass is 10.4. The second-order valence-corrected chi connectivity index (χ2v) is 3.27. The Morgan fingerprint density at radius 1 is 1.55 bits per heavy atom. The van der Waals surface area contributed by atoms with Crippen LogP contribution in [0.2, 0.25) is 0 Å². The Hall–Kier alpha value is -0.710. The molecule has 0 radical (unpaired) electrons. The van der Waals surface area contributed by atoms with Gasteiger partial charge in [0.1, 0.15) is 0 Å². The summed E-state index contributed by atoms with van der Waals surface area (Å²) in [6, 6.07) is 0.281. The molecule has 4 nitrogen and oxygen atoms in total. The molecule has 0 aliphatic carbocycles. The summed E-state index contributed by atoms with van der Waals surface area (Å²) in [6.07, 6.45) is 1.93. The molecule has 2 N–H and O–H groups in total. The first-order valence-corrected chi connectivity index (χ1v) is 4.63. The van der Waals surface area contributed by atoms with E-state index in [0.717, 1.165) is 5.16 Å². The molecule has 62 valence electrons. The van der Waals surface area contributed by atoms with Crippen LogP contribution in [0.1, 0.15) is 19.9 Å². The van der Waals surface area contributed by atoms with Crippen LogP contribution in [0.15, 0.2) is 5.16 Å². The number of hydrogen-bond acceptors (Lipinski definition) is 4. The zero-order valence-electron chi connectivity index (χ0n) is 6.90. The van der Waals surface area contributed by atoms with Gasteiger partial charge >= 0.3 is 0 Å². The van der Waals surface area contributed by atoms with E-state index in [9.17, 15) is 0 Å². The average molecular weight is 172 g/mol. The summed E-state index contributed by atoms with van der Waals surface area (Å²) in [5.41, 5.74) is 5.59. The highest BCUT2D eigenvalue weighted by Crippen LogP contribution is 2.14. The first-order chi connectivity index (χ1) is 5.15. The molecule has 0 aromatic carbocycles. The van der Waals surface area contributed by atoms with Gasteiger partial charge in [-0.05, 0) is 20.1 Å². The summed E-state index contributed by atoms with van der Waals surface area (Å²) in [6.45, 7) is 4.05. The van der Waals surface area contributed by atoms with Gasteiger partial charge in [0.25, 0.3) is 0 Å². The van der Waals surface area contributed by atoms with Gasteiger partial charge in [-0.3, -0.25) is 0 Å². The van der Waals surface area contributed by atoms with E-state index in [1.807, 2.05) is 20.1 Å². The standard InChI is InChI=1S/C6H12N4S/c1-4(2)10-5(7)8-6(9-10)11-3/h4H,1-3H3,(H2,7,8,9). The van der Waals surface area contributed by atoms with Gasteiger partial charge in [0.2, 0.25) is 11.1 Å². The second-order valence-electron chi connectivity index (χ2n) is 2.50. The molecule has 1 aromatic heterocycles. The number of hydrogen-bond donors (Lipinski definition) is 1. The lowest BCUT2D eigenvalue weighted by Crippen LogP contribution is -2.07. The van der Waals surface area contributed by atoms with Gasteiger partial charge in [-0.25, -0.2) is 4.68 Å². The van der Waals surface area contributed by atoms with E-state index in [2.05, 4.69) is 10.1 Å². The number of nitrogen functional groups attached to an aromatic ring is 1. The topological polar surface area (TPSA) is 56.7 Å². The molecule has 0 spiro atoms. The molecule has 5 heteroatoms. The summed E-state index contributed by atoms with van der Waals surface area (Å²) in [5, 5.41) is 4.90. The maximum absolute atomic E-state index is 5.59. The van der Waals surface area contributed by atoms with Crippen molar-refractivity contribution in [2.45, 2.75) is 25.0 Å². The number of anilines is 1. The van der Waals surface area contributed by atoms with Crippen molar-refractivity contribution in [2.75, 3.05) is 12.0 Å². The predicted octanol–water partition coefficient (Wildman–Crippen LogP) is 1.16. The maximum atomic E-state index is 5.59. The van der Waals surface area contributed by atoms with Crippen LogP contribution in [0.4, 0.5) is 5.95 Å². The Bertz CT molecular complexity index is 243. The second kappa shape index (κ2) is 3.13. The van der Waals surface area contributed by atoms with E-state index < -0.39 is 0 Å². The van der Waals surface area contributed by atoms with Gasteiger partial charge in [-0.2, -0.15) is 4.98 Å². The summed E-state index contributed by atoms with van der Waals surface area (Å²) in [4.78, 5) is 4.04. The van der Waals surface area contributed by atoms with Crippen molar-refractivity contribution in [3.63, 3.8) is 0 Å². The molecule has 0 amide bonds. The monoisotopic (exact) mass is 172 g/mol. The van der Waals surface area contributed by atoms with Crippen molar-refractivity contribution in [3.8, 4) is 0 Å². The lowest BCUT2D eigenvalue weighted by Gasteiger charge is -2.04. The first-order valence-electron chi connectivity index (χ1n) is 3.41. The van der Waals surface area contributed by atoms with Gasteiger partial charge in [0.15, 0.2) is 0 Å². The quantitative estimate of drug-likeness (QED) is 0.680. The molecule has 1 heterocycles. The zero-order valence-corrected chi connectivity index (χ0v) is 7.72. The molecule has 11 heavy (non-hydrogen) atoms. The Morgan fingerprint density at radius 2 is 2.18 bits per heavy atom. The summed E-state index contributed by atoms with van der Waals surface area (Å²) in [7, 11) is 0. The number of rotatable bonds is 2. The van der Waals surface area contributed by atoms with Crippen molar-refractivity contribution in [1.82, 2.24) is 14.8 Å². The minimum absolute atomic E-state index is 0.281. The smallest absolute Gasteiger partial charge is 0.219 e. The van der Waals surface area contributed by atoms with Gasteiger partial charge < -0.3 is 5.73 Å². The highest BCUT2D eigenvalue weighted by Gasteiger charge is 2.07. The molecule has 1 rings (SSSR count). The minimum atomic E-state index is 0.281. The van der Waals surface area contributed by atoms with Crippen LogP contribution in [0, 0.1) is 0 Å². The largest absolute Gasteiger partial charge is 0.368 e. The summed E-state index contributed by atoms with van der Waals surface area (Å²) < 4.78 is 1.71. The fourth-order valence-electron chi connectivity index (χ4n) is 0.781. The normalized spacial score (nSPS) is 10.9. The number of nitrogens with zero attached hydrogens (tertiary/aromatic N) is 3. The molecule has 0 unspecified atom stereocenters. The van der Waals surface area contributed by atoms with Crippen LogP contribution in [-0.2, 0) is 0 Å². The average Bonchev–Trinajstić information content (AvgIpc) is 2.30. The van der Waals surface area contributed by atoms with Crippen LogP contribution in [0.3, 0.4) is 0 Å². The minimum Gasteiger partial charge on any atom is -0.368 e. The van der Waals surface area contributed by atoms with Crippen LogP contribution in [-0.4, -0.2) is 21.0 Å². The lowest BCUT2D eigenvalue weighted by molar-refractivity contribution is 0.530. The van der Waals surface area contributed by atoms with E-state index in [-0.39, 0.29) is 6.04 Å². The number of thioether (sulfide) groups is 1. The van der Waals surface area contributed by atoms with Crippen LogP contribution in [0.25, 0.3) is 0 Å². The zero-order chi connectivity index (χ0) is 8.43. The van der Waals surface area contributed by atoms with E-state index in [1.165, 1.54) is 11.8 Å².